The van der Waals surface area contributed by atoms with Gasteiger partial charge in [0, 0.05) is 6.61 Å². The predicted molar refractivity (Wildman–Crippen MR) is 122 cm³/mol. The fourth-order valence-electron chi connectivity index (χ4n) is 3.89. The Morgan fingerprint density at radius 2 is 2.07 bits per heavy atom. The van der Waals surface area contributed by atoms with E-state index in [-0.39, 0.29) is 12.0 Å². The summed E-state index contributed by atoms with van der Waals surface area (Å²) in [6.45, 7) is 8.07. The van der Waals surface area contributed by atoms with Crippen molar-refractivity contribution in [1.29, 1.82) is 0 Å². The van der Waals surface area contributed by atoms with E-state index in [0.29, 0.717) is 19.6 Å². The van der Waals surface area contributed by atoms with Gasteiger partial charge in [-0.05, 0) is 68.5 Å². The number of amides is 1. The minimum atomic E-state index is 0.0445. The van der Waals surface area contributed by atoms with Gasteiger partial charge in [0.15, 0.2) is 5.13 Å². The molecule has 0 bridgehead atoms. The molecule has 4 rings (SSSR count). The summed E-state index contributed by atoms with van der Waals surface area (Å²) in [5.41, 5.74) is 4.30. The largest absolute Gasteiger partial charge is 0.494 e. The number of hydrogen-bond donors (Lipinski definition) is 0. The molecule has 0 radical (unpaired) electrons. The first-order valence-corrected chi connectivity index (χ1v) is 11.4. The van der Waals surface area contributed by atoms with E-state index in [1.807, 2.05) is 36.1 Å². The zero-order chi connectivity index (χ0) is 21.1. The van der Waals surface area contributed by atoms with Gasteiger partial charge in [0.1, 0.15) is 5.75 Å². The summed E-state index contributed by atoms with van der Waals surface area (Å²) >= 11 is 1.58. The van der Waals surface area contributed by atoms with Crippen LogP contribution < -0.4 is 9.64 Å². The van der Waals surface area contributed by atoms with Crippen molar-refractivity contribution in [2.24, 2.45) is 0 Å². The number of aromatic nitrogens is 1. The zero-order valence-electron chi connectivity index (χ0n) is 17.8. The number of carbonyl (C=O) groups excluding carboxylic acids is 1. The van der Waals surface area contributed by atoms with Crippen molar-refractivity contribution in [2.75, 3.05) is 24.7 Å². The predicted octanol–water partition coefficient (Wildman–Crippen LogP) is 5.07. The van der Waals surface area contributed by atoms with Gasteiger partial charge in [-0.25, -0.2) is 4.98 Å². The Labute approximate surface area is 181 Å². The molecule has 1 amide bonds. The number of carbonyl (C=O) groups is 1. The molecular formula is C24H28N2O3S. The Morgan fingerprint density at radius 3 is 2.77 bits per heavy atom. The lowest BCUT2D eigenvalue weighted by atomic mass is 10.1. The number of fused-ring (bicyclic) bond motifs is 1. The van der Waals surface area contributed by atoms with Gasteiger partial charge in [-0.2, -0.15) is 0 Å². The molecule has 158 valence electrons. The maximum atomic E-state index is 13.3. The lowest BCUT2D eigenvalue weighted by molar-refractivity contribution is -0.118. The van der Waals surface area contributed by atoms with Gasteiger partial charge >= 0.3 is 0 Å². The third kappa shape index (κ3) is 4.65. The molecular weight excluding hydrogens is 396 g/mol. The Bertz CT molecular complexity index is 1020. The number of benzene rings is 2. The lowest BCUT2D eigenvalue weighted by Crippen LogP contribution is -2.38. The zero-order valence-corrected chi connectivity index (χ0v) is 18.6. The van der Waals surface area contributed by atoms with Crippen LogP contribution in [0, 0.1) is 13.8 Å². The van der Waals surface area contributed by atoms with Crippen LogP contribution in [-0.2, 0) is 16.0 Å². The van der Waals surface area contributed by atoms with Crippen LogP contribution in [0.25, 0.3) is 10.2 Å². The molecule has 0 aliphatic carbocycles. The monoisotopic (exact) mass is 424 g/mol. The highest BCUT2D eigenvalue weighted by Gasteiger charge is 2.26. The summed E-state index contributed by atoms with van der Waals surface area (Å²) in [6, 6.07) is 12.0. The number of nitrogens with zero attached hydrogens (tertiary/aromatic N) is 2. The molecule has 0 spiro atoms. The fourth-order valence-corrected chi connectivity index (χ4v) is 5.06. The van der Waals surface area contributed by atoms with Crippen molar-refractivity contribution < 1.29 is 14.3 Å². The van der Waals surface area contributed by atoms with Crippen molar-refractivity contribution in [2.45, 2.75) is 46.1 Å². The van der Waals surface area contributed by atoms with E-state index < -0.39 is 0 Å². The van der Waals surface area contributed by atoms with Gasteiger partial charge in [-0.3, -0.25) is 9.69 Å². The third-order valence-electron chi connectivity index (χ3n) is 5.35. The average molecular weight is 425 g/mol. The first-order valence-electron chi connectivity index (χ1n) is 10.5. The highest BCUT2D eigenvalue weighted by atomic mass is 32.1. The highest BCUT2D eigenvalue weighted by Crippen LogP contribution is 2.33. The molecule has 5 nitrogen and oxygen atoms in total. The second-order valence-electron chi connectivity index (χ2n) is 7.82. The summed E-state index contributed by atoms with van der Waals surface area (Å²) in [5, 5.41) is 0.755. The topological polar surface area (TPSA) is 51.7 Å². The second kappa shape index (κ2) is 9.14. The molecule has 6 heteroatoms. The molecule has 1 aromatic heterocycles. The van der Waals surface area contributed by atoms with E-state index in [0.717, 1.165) is 51.7 Å². The van der Waals surface area contributed by atoms with Crippen LogP contribution in [0.15, 0.2) is 36.4 Å². The van der Waals surface area contributed by atoms with Crippen molar-refractivity contribution in [1.82, 2.24) is 4.98 Å². The van der Waals surface area contributed by atoms with Crippen molar-refractivity contribution in [3.05, 3.63) is 53.1 Å². The number of rotatable bonds is 7. The molecule has 1 atom stereocenters. The minimum Gasteiger partial charge on any atom is -0.494 e. The summed E-state index contributed by atoms with van der Waals surface area (Å²) < 4.78 is 12.5. The molecule has 1 saturated heterocycles. The normalized spacial score (nSPS) is 16.2. The van der Waals surface area contributed by atoms with Crippen molar-refractivity contribution in [3.63, 3.8) is 0 Å². The standard InChI is InChI=1S/C24H28N2O3S/c1-4-28-19-9-7-18(8-10-19)14-22(27)26(15-20-6-5-11-29-20)24-25-23-17(3)12-16(2)13-21(23)30-24/h7-10,12-13,20H,4-6,11,14-15H2,1-3H3/t20-/m1/s1. The molecule has 1 fully saturated rings. The van der Waals surface area contributed by atoms with Crippen LogP contribution in [0.4, 0.5) is 5.13 Å². The lowest BCUT2D eigenvalue weighted by Gasteiger charge is -2.23. The number of hydrogen-bond acceptors (Lipinski definition) is 5. The molecule has 0 unspecified atom stereocenters. The number of anilines is 1. The number of ether oxygens (including phenoxy) is 2. The number of aryl methyl sites for hydroxylation is 2. The second-order valence-corrected chi connectivity index (χ2v) is 8.83. The maximum Gasteiger partial charge on any atom is 0.233 e. The van der Waals surface area contributed by atoms with Crippen LogP contribution in [0.1, 0.15) is 36.5 Å². The van der Waals surface area contributed by atoms with Gasteiger partial charge < -0.3 is 9.47 Å². The van der Waals surface area contributed by atoms with Crippen LogP contribution in [0.5, 0.6) is 5.75 Å². The Hall–Kier alpha value is -2.44. The third-order valence-corrected chi connectivity index (χ3v) is 6.38. The van der Waals surface area contributed by atoms with Crippen molar-refractivity contribution >= 4 is 32.6 Å². The van der Waals surface area contributed by atoms with Gasteiger partial charge in [0.05, 0.1) is 35.9 Å². The quantitative estimate of drug-likeness (QED) is 0.532. The number of thiazole rings is 1. The van der Waals surface area contributed by atoms with E-state index in [9.17, 15) is 4.79 Å². The van der Waals surface area contributed by atoms with Crippen LogP contribution in [0.2, 0.25) is 0 Å². The highest BCUT2D eigenvalue weighted by molar-refractivity contribution is 7.22. The average Bonchev–Trinajstić information content (AvgIpc) is 3.37. The Morgan fingerprint density at radius 1 is 1.27 bits per heavy atom. The van der Waals surface area contributed by atoms with Crippen molar-refractivity contribution in [3.8, 4) is 5.75 Å². The van der Waals surface area contributed by atoms with Crippen LogP contribution in [0.3, 0.4) is 0 Å². The van der Waals surface area contributed by atoms with Gasteiger partial charge in [-0.1, -0.05) is 29.5 Å². The summed E-state index contributed by atoms with van der Waals surface area (Å²) in [4.78, 5) is 20.0. The van der Waals surface area contributed by atoms with Gasteiger partial charge in [0.25, 0.3) is 0 Å². The summed E-state index contributed by atoms with van der Waals surface area (Å²) in [7, 11) is 0. The Balaban J connectivity index is 1.60. The molecule has 2 aromatic carbocycles. The van der Waals surface area contributed by atoms with Crippen LogP contribution >= 0.6 is 11.3 Å². The molecule has 3 aromatic rings. The minimum absolute atomic E-state index is 0.0445. The molecule has 1 aliphatic rings. The summed E-state index contributed by atoms with van der Waals surface area (Å²) in [6.07, 6.45) is 2.43. The van der Waals surface area contributed by atoms with E-state index in [2.05, 4.69) is 26.0 Å². The van der Waals surface area contributed by atoms with E-state index in [4.69, 9.17) is 14.5 Å². The molecule has 0 N–H and O–H groups in total. The first-order chi connectivity index (χ1) is 14.5. The van der Waals surface area contributed by atoms with E-state index in [1.54, 1.807) is 11.3 Å². The smallest absolute Gasteiger partial charge is 0.233 e. The Kier molecular flexibility index (Phi) is 6.35. The van der Waals surface area contributed by atoms with E-state index in [1.165, 1.54) is 5.56 Å². The molecule has 0 saturated carbocycles. The molecule has 2 heterocycles. The van der Waals surface area contributed by atoms with Gasteiger partial charge in [-0.15, -0.1) is 0 Å². The van der Waals surface area contributed by atoms with Gasteiger partial charge in [0.2, 0.25) is 5.91 Å². The SMILES string of the molecule is CCOc1ccc(CC(=O)N(C[C@H]2CCCO2)c2nc3c(C)cc(C)cc3s2)cc1. The fraction of sp³-hybridized carbons (Fsp3) is 0.417. The van der Waals surface area contributed by atoms with Crippen LogP contribution in [-0.4, -0.2) is 36.8 Å². The first kappa shape index (κ1) is 20.8. The summed E-state index contributed by atoms with van der Waals surface area (Å²) in [5.74, 6) is 0.866. The maximum absolute atomic E-state index is 13.3. The van der Waals surface area contributed by atoms with E-state index >= 15 is 0 Å². The molecule has 30 heavy (non-hydrogen) atoms. The molecule has 1 aliphatic heterocycles.